The second-order valence-electron chi connectivity index (χ2n) is 6.36. The van der Waals surface area contributed by atoms with E-state index in [0.29, 0.717) is 25.1 Å². The molecule has 154 valence electrons. The van der Waals surface area contributed by atoms with Gasteiger partial charge in [0, 0.05) is 6.54 Å². The van der Waals surface area contributed by atoms with E-state index in [1.165, 1.54) is 23.6 Å². The van der Waals surface area contributed by atoms with Gasteiger partial charge in [-0.2, -0.15) is 11.8 Å². The Labute approximate surface area is 162 Å². The van der Waals surface area contributed by atoms with Gasteiger partial charge in [-0.25, -0.2) is 4.79 Å². The van der Waals surface area contributed by atoms with E-state index in [1.807, 2.05) is 6.26 Å². The van der Waals surface area contributed by atoms with Crippen LogP contribution in [0.1, 0.15) is 26.2 Å². The third-order valence-electron chi connectivity index (χ3n) is 4.34. The lowest BCUT2D eigenvalue weighted by Crippen LogP contribution is -2.59. The molecule has 0 saturated carbocycles. The molecular weight excluding hydrogens is 376 g/mol. The van der Waals surface area contributed by atoms with Crippen molar-refractivity contribution in [2.75, 3.05) is 25.1 Å². The Hall–Kier alpha value is -1.85. The minimum atomic E-state index is -1.33. The first-order valence-corrected chi connectivity index (χ1v) is 10.1. The summed E-state index contributed by atoms with van der Waals surface area (Å²) in [6.45, 7) is 1.49. The van der Waals surface area contributed by atoms with Crippen LogP contribution in [0.5, 0.6) is 0 Å². The summed E-state index contributed by atoms with van der Waals surface area (Å²) in [5, 5.41) is 23.9. The number of carbonyl (C=O) groups is 4. The maximum absolute atomic E-state index is 12.5. The number of thioether (sulfide) groups is 1. The zero-order chi connectivity index (χ0) is 20.6. The molecule has 1 rings (SSSR count). The van der Waals surface area contributed by atoms with Crippen molar-refractivity contribution >= 4 is 35.5 Å². The highest BCUT2D eigenvalue weighted by atomic mass is 32.2. The third-order valence-corrected chi connectivity index (χ3v) is 4.98. The number of hydrogen-bond acceptors (Lipinski definition) is 7. The van der Waals surface area contributed by atoms with Crippen LogP contribution in [0.3, 0.4) is 0 Å². The predicted octanol–water partition coefficient (Wildman–Crippen LogP) is -1.88. The molecule has 1 heterocycles. The number of likely N-dealkylation sites (tertiary alicyclic amines) is 1. The largest absolute Gasteiger partial charge is 0.480 e. The molecule has 0 aliphatic carbocycles. The molecule has 0 radical (unpaired) electrons. The molecular formula is C16H28N4O6S. The maximum atomic E-state index is 12.5. The van der Waals surface area contributed by atoms with Gasteiger partial charge in [-0.15, -0.1) is 0 Å². The highest BCUT2D eigenvalue weighted by molar-refractivity contribution is 7.98. The van der Waals surface area contributed by atoms with Crippen LogP contribution in [-0.2, 0) is 19.2 Å². The minimum Gasteiger partial charge on any atom is -0.480 e. The second-order valence-corrected chi connectivity index (χ2v) is 7.34. The summed E-state index contributed by atoms with van der Waals surface area (Å²) in [5.74, 6) is -2.40. The smallest absolute Gasteiger partial charge is 0.326 e. The van der Waals surface area contributed by atoms with Gasteiger partial charge in [0.25, 0.3) is 0 Å². The van der Waals surface area contributed by atoms with Crippen molar-refractivity contribution in [3.05, 3.63) is 0 Å². The van der Waals surface area contributed by atoms with Gasteiger partial charge in [-0.05, 0) is 38.2 Å². The molecule has 0 bridgehead atoms. The van der Waals surface area contributed by atoms with Crippen LogP contribution < -0.4 is 16.4 Å². The Balaban J connectivity index is 2.79. The molecule has 1 fully saturated rings. The molecule has 27 heavy (non-hydrogen) atoms. The Morgan fingerprint density at radius 2 is 1.96 bits per heavy atom. The second kappa shape index (κ2) is 11.1. The number of carboxylic acid groups (broad SMARTS) is 1. The quantitative estimate of drug-likeness (QED) is 0.283. The van der Waals surface area contributed by atoms with Gasteiger partial charge in [0.05, 0.1) is 12.6 Å². The highest BCUT2D eigenvalue weighted by Gasteiger charge is 2.37. The van der Waals surface area contributed by atoms with Crippen molar-refractivity contribution < 1.29 is 29.4 Å². The van der Waals surface area contributed by atoms with Crippen LogP contribution in [0.2, 0.25) is 0 Å². The normalized spacial score (nSPS) is 19.9. The Bertz CT molecular complexity index is 559. The topological polar surface area (TPSA) is 162 Å². The van der Waals surface area contributed by atoms with Crippen molar-refractivity contribution in [1.29, 1.82) is 0 Å². The summed E-state index contributed by atoms with van der Waals surface area (Å²) >= 11 is 1.44. The van der Waals surface area contributed by atoms with Crippen LogP contribution in [0.25, 0.3) is 0 Å². The Kier molecular flexibility index (Phi) is 9.53. The lowest BCUT2D eigenvalue weighted by Gasteiger charge is -2.27. The van der Waals surface area contributed by atoms with E-state index in [2.05, 4.69) is 10.6 Å². The number of hydrogen-bond donors (Lipinski definition) is 5. The van der Waals surface area contributed by atoms with E-state index < -0.39 is 42.0 Å². The highest BCUT2D eigenvalue weighted by Crippen LogP contribution is 2.17. The first kappa shape index (κ1) is 23.2. The number of nitrogens with one attached hydrogen (secondary N) is 2. The van der Waals surface area contributed by atoms with Crippen molar-refractivity contribution in [2.45, 2.75) is 50.4 Å². The van der Waals surface area contributed by atoms with E-state index >= 15 is 0 Å². The Morgan fingerprint density at radius 1 is 1.30 bits per heavy atom. The molecule has 0 aromatic carbocycles. The Morgan fingerprint density at radius 3 is 2.48 bits per heavy atom. The fraction of sp³-hybridized carbons (Fsp3) is 0.750. The van der Waals surface area contributed by atoms with Gasteiger partial charge >= 0.3 is 5.97 Å². The zero-order valence-corrected chi connectivity index (χ0v) is 16.3. The van der Waals surface area contributed by atoms with Gasteiger partial charge in [0.1, 0.15) is 18.1 Å². The molecule has 1 aliphatic heterocycles. The summed E-state index contributed by atoms with van der Waals surface area (Å²) in [7, 11) is 0. The molecule has 1 saturated heterocycles. The summed E-state index contributed by atoms with van der Waals surface area (Å²) < 4.78 is 0. The average molecular weight is 404 g/mol. The zero-order valence-electron chi connectivity index (χ0n) is 15.5. The molecule has 4 unspecified atom stereocenters. The van der Waals surface area contributed by atoms with Gasteiger partial charge in [-0.1, -0.05) is 0 Å². The minimum absolute atomic E-state index is 0.212. The van der Waals surface area contributed by atoms with Crippen LogP contribution in [0, 0.1) is 0 Å². The van der Waals surface area contributed by atoms with Crippen molar-refractivity contribution in [2.24, 2.45) is 5.73 Å². The summed E-state index contributed by atoms with van der Waals surface area (Å²) in [6.07, 6.45) is 1.84. The summed E-state index contributed by atoms with van der Waals surface area (Å²) in [4.78, 5) is 49.4. The third kappa shape index (κ3) is 6.67. The fourth-order valence-electron chi connectivity index (χ4n) is 2.86. The van der Waals surface area contributed by atoms with Crippen LogP contribution in [-0.4, -0.2) is 88.1 Å². The van der Waals surface area contributed by atoms with Crippen LogP contribution in [0.4, 0.5) is 0 Å². The van der Waals surface area contributed by atoms with E-state index in [1.54, 1.807) is 0 Å². The first-order chi connectivity index (χ1) is 12.7. The lowest BCUT2D eigenvalue weighted by molar-refractivity contribution is -0.143. The van der Waals surface area contributed by atoms with E-state index in [9.17, 15) is 29.4 Å². The number of carboxylic acids is 1. The maximum Gasteiger partial charge on any atom is 0.326 e. The van der Waals surface area contributed by atoms with Gasteiger partial charge in [-0.3, -0.25) is 14.4 Å². The van der Waals surface area contributed by atoms with E-state index in [4.69, 9.17) is 5.73 Å². The summed E-state index contributed by atoms with van der Waals surface area (Å²) in [6, 6.07) is -3.21. The molecule has 10 nitrogen and oxygen atoms in total. The number of nitrogens with zero attached hydrogens (tertiary/aromatic N) is 1. The molecule has 0 aromatic rings. The van der Waals surface area contributed by atoms with Crippen LogP contribution in [0.15, 0.2) is 0 Å². The van der Waals surface area contributed by atoms with Crippen molar-refractivity contribution in [3.8, 4) is 0 Å². The number of carbonyl (C=O) groups excluding carboxylic acids is 3. The number of amides is 3. The molecule has 11 heteroatoms. The fourth-order valence-corrected chi connectivity index (χ4v) is 3.34. The summed E-state index contributed by atoms with van der Waals surface area (Å²) in [5.41, 5.74) is 5.35. The van der Waals surface area contributed by atoms with E-state index in [0.717, 1.165) is 0 Å². The predicted molar refractivity (Wildman–Crippen MR) is 100.0 cm³/mol. The average Bonchev–Trinajstić information content (AvgIpc) is 3.11. The van der Waals surface area contributed by atoms with Crippen LogP contribution >= 0.6 is 11.8 Å². The molecule has 0 spiro atoms. The standard InChI is InChI=1S/C16H28N4O6S/c1-9(21)13(15(24)18-10(16(25)26)5-7-27-2)19-14(23)11-4-3-6-20(11)12(22)8-17/h9-11,13,21H,3-8,17H2,1-2H3,(H,18,24)(H,19,23)(H,25,26). The SMILES string of the molecule is CSCCC(NC(=O)C(NC(=O)C1CCCN1C(=O)CN)C(C)O)C(=O)O. The molecule has 6 N–H and O–H groups in total. The van der Waals surface area contributed by atoms with Gasteiger partial charge < -0.3 is 31.5 Å². The van der Waals surface area contributed by atoms with Gasteiger partial charge in [0.2, 0.25) is 17.7 Å². The number of nitrogens with two attached hydrogens (primary N) is 1. The van der Waals surface area contributed by atoms with Crippen molar-refractivity contribution in [3.63, 3.8) is 0 Å². The number of rotatable bonds is 10. The number of aliphatic carboxylic acids is 1. The molecule has 1 aliphatic rings. The number of aliphatic hydroxyl groups excluding tert-OH is 1. The number of aliphatic hydroxyl groups is 1. The molecule has 4 atom stereocenters. The molecule has 3 amide bonds. The lowest BCUT2D eigenvalue weighted by atomic mass is 10.1. The van der Waals surface area contributed by atoms with E-state index in [-0.39, 0.29) is 18.9 Å². The van der Waals surface area contributed by atoms with Gasteiger partial charge in [0.15, 0.2) is 0 Å². The first-order valence-electron chi connectivity index (χ1n) is 8.73. The van der Waals surface area contributed by atoms with Crippen molar-refractivity contribution in [1.82, 2.24) is 15.5 Å². The monoisotopic (exact) mass is 404 g/mol. The molecule has 0 aromatic heterocycles.